The normalized spacial score (nSPS) is 12.1. The first-order valence-corrected chi connectivity index (χ1v) is 7.54. The van der Waals surface area contributed by atoms with Gasteiger partial charge in [-0.3, -0.25) is 0 Å². The first-order valence-electron chi connectivity index (χ1n) is 5.73. The summed E-state index contributed by atoms with van der Waals surface area (Å²) in [5.74, 6) is 2.22. The van der Waals surface area contributed by atoms with Crippen LogP contribution in [0.25, 0.3) is 0 Å². The zero-order valence-corrected chi connectivity index (χ0v) is 11.4. The number of phenols is 1. The highest BCUT2D eigenvalue weighted by atomic mass is 32.2. The topological polar surface area (TPSA) is 29.5 Å². The van der Waals surface area contributed by atoms with Crippen molar-refractivity contribution < 1.29 is 9.84 Å². The third kappa shape index (κ3) is 3.20. The van der Waals surface area contributed by atoms with Crippen LogP contribution in [0, 0.1) is 0 Å². The third-order valence-corrected chi connectivity index (χ3v) is 4.62. The molecule has 0 saturated carbocycles. The Morgan fingerprint density at radius 2 is 1.61 bits per heavy atom. The highest BCUT2D eigenvalue weighted by Gasteiger charge is 2.15. The standard InChI is InChI=1S/C15H16O2S/c1-17-14-7-3-12(4-8-14)11-18(2)15-9-5-13(16)6-10-15/h3-10H,11H2,1-2H3/p+1. The number of aromatic hydroxyl groups is 1. The Bertz CT molecular complexity index is 491. The molecule has 0 fully saturated rings. The predicted octanol–water partition coefficient (Wildman–Crippen LogP) is 3.21. The third-order valence-electron chi connectivity index (χ3n) is 2.78. The quantitative estimate of drug-likeness (QED) is 0.856. The summed E-state index contributed by atoms with van der Waals surface area (Å²) in [6.45, 7) is 0. The van der Waals surface area contributed by atoms with E-state index in [2.05, 4.69) is 18.4 Å². The van der Waals surface area contributed by atoms with Gasteiger partial charge in [-0.2, -0.15) is 0 Å². The Balaban J connectivity index is 2.05. The van der Waals surface area contributed by atoms with Crippen LogP contribution in [0.3, 0.4) is 0 Å². The molecule has 18 heavy (non-hydrogen) atoms. The Kier molecular flexibility index (Phi) is 4.15. The van der Waals surface area contributed by atoms with Crippen molar-refractivity contribution in [2.75, 3.05) is 13.4 Å². The van der Waals surface area contributed by atoms with Crippen LogP contribution in [-0.4, -0.2) is 18.5 Å². The van der Waals surface area contributed by atoms with Gasteiger partial charge >= 0.3 is 0 Å². The number of hydrogen-bond donors (Lipinski definition) is 1. The summed E-state index contributed by atoms with van der Waals surface area (Å²) in [5, 5.41) is 9.28. The fourth-order valence-corrected chi connectivity index (χ4v) is 3.19. The van der Waals surface area contributed by atoms with E-state index in [1.807, 2.05) is 24.3 Å². The molecular formula is C15H17O2S+. The summed E-state index contributed by atoms with van der Waals surface area (Å²) in [4.78, 5) is 1.27. The molecule has 94 valence electrons. The van der Waals surface area contributed by atoms with Crippen molar-refractivity contribution >= 4 is 10.9 Å². The monoisotopic (exact) mass is 261 g/mol. The number of benzene rings is 2. The predicted molar refractivity (Wildman–Crippen MR) is 76.4 cm³/mol. The lowest BCUT2D eigenvalue weighted by molar-refractivity contribution is 0.414. The molecule has 0 amide bonds. The lowest BCUT2D eigenvalue weighted by Gasteiger charge is -2.05. The van der Waals surface area contributed by atoms with Gasteiger partial charge in [0.25, 0.3) is 0 Å². The maximum atomic E-state index is 9.28. The van der Waals surface area contributed by atoms with Crippen LogP contribution in [0.5, 0.6) is 11.5 Å². The van der Waals surface area contributed by atoms with Crippen molar-refractivity contribution in [3.8, 4) is 11.5 Å². The van der Waals surface area contributed by atoms with Crippen molar-refractivity contribution in [1.29, 1.82) is 0 Å². The van der Waals surface area contributed by atoms with Gasteiger partial charge in [-0.1, -0.05) is 12.1 Å². The van der Waals surface area contributed by atoms with E-state index in [0.717, 1.165) is 11.5 Å². The number of ether oxygens (including phenoxy) is 1. The molecule has 0 spiro atoms. The summed E-state index contributed by atoms with van der Waals surface area (Å²) in [7, 11) is 1.82. The van der Waals surface area contributed by atoms with Gasteiger partial charge in [-0.25, -0.2) is 0 Å². The van der Waals surface area contributed by atoms with E-state index in [9.17, 15) is 5.11 Å². The lowest BCUT2D eigenvalue weighted by atomic mass is 10.2. The Labute approximate surface area is 111 Å². The van der Waals surface area contributed by atoms with E-state index in [4.69, 9.17) is 4.74 Å². The molecular weight excluding hydrogens is 244 g/mol. The fourth-order valence-electron chi connectivity index (χ4n) is 1.73. The van der Waals surface area contributed by atoms with Gasteiger partial charge in [0.2, 0.25) is 0 Å². The van der Waals surface area contributed by atoms with Crippen LogP contribution in [0.1, 0.15) is 5.56 Å². The molecule has 0 aliphatic carbocycles. The smallest absolute Gasteiger partial charge is 0.155 e. The summed E-state index contributed by atoms with van der Waals surface area (Å²) in [5.41, 5.74) is 1.30. The summed E-state index contributed by atoms with van der Waals surface area (Å²) in [6, 6.07) is 15.6. The second kappa shape index (κ2) is 5.83. The van der Waals surface area contributed by atoms with Gasteiger partial charge in [0, 0.05) is 16.5 Å². The van der Waals surface area contributed by atoms with Crippen LogP contribution in [0.15, 0.2) is 53.4 Å². The van der Waals surface area contributed by atoms with Crippen molar-refractivity contribution in [3.05, 3.63) is 54.1 Å². The van der Waals surface area contributed by atoms with Crippen molar-refractivity contribution in [2.24, 2.45) is 0 Å². The second-order valence-electron chi connectivity index (χ2n) is 4.12. The van der Waals surface area contributed by atoms with E-state index < -0.39 is 0 Å². The molecule has 0 aliphatic heterocycles. The van der Waals surface area contributed by atoms with E-state index in [1.165, 1.54) is 10.5 Å². The first-order chi connectivity index (χ1) is 8.69. The zero-order chi connectivity index (χ0) is 13.0. The average molecular weight is 261 g/mol. The minimum Gasteiger partial charge on any atom is -0.508 e. The SMILES string of the molecule is COc1ccc(C[S+](C)c2ccc(O)cc2)cc1. The molecule has 1 atom stereocenters. The zero-order valence-electron chi connectivity index (χ0n) is 10.6. The van der Waals surface area contributed by atoms with Crippen LogP contribution >= 0.6 is 0 Å². The number of rotatable bonds is 4. The molecule has 0 heterocycles. The fraction of sp³-hybridized carbons (Fsp3) is 0.200. The highest BCUT2D eigenvalue weighted by molar-refractivity contribution is 7.95. The van der Waals surface area contributed by atoms with E-state index in [-0.39, 0.29) is 10.9 Å². The van der Waals surface area contributed by atoms with Crippen molar-refractivity contribution in [1.82, 2.24) is 0 Å². The van der Waals surface area contributed by atoms with Crippen LogP contribution < -0.4 is 4.74 Å². The van der Waals surface area contributed by atoms with Gasteiger partial charge in [-0.05, 0) is 36.4 Å². The summed E-state index contributed by atoms with van der Waals surface area (Å²) >= 11 is 0. The molecule has 2 aromatic rings. The van der Waals surface area contributed by atoms with Gasteiger partial charge in [0.1, 0.15) is 23.5 Å². The van der Waals surface area contributed by atoms with Crippen LogP contribution in [0.4, 0.5) is 0 Å². The highest BCUT2D eigenvalue weighted by Crippen LogP contribution is 2.20. The molecule has 1 unspecified atom stereocenters. The Hall–Kier alpha value is -1.61. The van der Waals surface area contributed by atoms with E-state index in [1.54, 1.807) is 19.2 Å². The van der Waals surface area contributed by atoms with Gasteiger partial charge < -0.3 is 9.84 Å². The summed E-state index contributed by atoms with van der Waals surface area (Å²) in [6.07, 6.45) is 2.22. The van der Waals surface area contributed by atoms with Crippen molar-refractivity contribution in [3.63, 3.8) is 0 Å². The molecule has 2 aromatic carbocycles. The van der Waals surface area contributed by atoms with Gasteiger partial charge in [-0.15, -0.1) is 0 Å². The largest absolute Gasteiger partial charge is 0.508 e. The minimum absolute atomic E-state index is 0.147. The molecule has 2 rings (SSSR count). The number of methoxy groups -OCH3 is 1. The average Bonchev–Trinajstić information content (AvgIpc) is 2.40. The minimum atomic E-state index is 0.147. The van der Waals surface area contributed by atoms with Crippen LogP contribution in [-0.2, 0) is 16.6 Å². The molecule has 0 radical (unpaired) electrons. The lowest BCUT2D eigenvalue weighted by Crippen LogP contribution is -2.03. The first kappa shape index (κ1) is 12.8. The van der Waals surface area contributed by atoms with Crippen molar-refractivity contribution in [2.45, 2.75) is 10.6 Å². The Morgan fingerprint density at radius 1 is 1.00 bits per heavy atom. The second-order valence-corrected chi connectivity index (χ2v) is 6.16. The number of phenolic OH excluding ortho intramolecular Hbond substituents is 1. The molecule has 0 bridgehead atoms. The van der Waals surface area contributed by atoms with E-state index in [0.29, 0.717) is 5.75 Å². The van der Waals surface area contributed by atoms with Gasteiger partial charge in [0.15, 0.2) is 4.90 Å². The molecule has 3 heteroatoms. The maximum Gasteiger partial charge on any atom is 0.155 e. The molecule has 1 N–H and O–H groups in total. The Morgan fingerprint density at radius 3 is 2.17 bits per heavy atom. The maximum absolute atomic E-state index is 9.28. The molecule has 0 saturated heterocycles. The molecule has 0 aromatic heterocycles. The summed E-state index contributed by atoms with van der Waals surface area (Å²) < 4.78 is 5.15. The van der Waals surface area contributed by atoms with Crippen LogP contribution in [0.2, 0.25) is 0 Å². The van der Waals surface area contributed by atoms with E-state index >= 15 is 0 Å². The number of hydrogen-bond acceptors (Lipinski definition) is 2. The molecule has 0 aliphatic rings. The van der Waals surface area contributed by atoms with Gasteiger partial charge in [0.05, 0.1) is 7.11 Å². The molecule has 2 nitrogen and oxygen atoms in total.